The summed E-state index contributed by atoms with van der Waals surface area (Å²) in [5.74, 6) is 2.72. The van der Waals surface area contributed by atoms with Gasteiger partial charge in [-0.2, -0.15) is 11.8 Å². The molecule has 0 aliphatic rings. The van der Waals surface area contributed by atoms with Crippen molar-refractivity contribution in [3.05, 3.63) is 23.8 Å². The molecule has 0 heterocycles. The lowest BCUT2D eigenvalue weighted by atomic mass is 10.2. The Bertz CT molecular complexity index is 347. The minimum Gasteiger partial charge on any atom is -0.504 e. The lowest BCUT2D eigenvalue weighted by molar-refractivity contribution is 0.296. The van der Waals surface area contributed by atoms with Gasteiger partial charge in [-0.05, 0) is 29.9 Å². The summed E-state index contributed by atoms with van der Waals surface area (Å²) in [6.07, 6.45) is 0.861. The van der Waals surface area contributed by atoms with Crippen molar-refractivity contribution < 1.29 is 14.9 Å². The number of nitrogens with one attached hydrogen (secondary N) is 1. The Morgan fingerprint density at radius 2 is 2.17 bits per heavy atom. The molecule has 102 valence electrons. The average molecular weight is 271 g/mol. The summed E-state index contributed by atoms with van der Waals surface area (Å²) in [5.41, 5.74) is 1.09. The van der Waals surface area contributed by atoms with Gasteiger partial charge in [0.2, 0.25) is 0 Å². The summed E-state index contributed by atoms with van der Waals surface area (Å²) in [4.78, 5) is 0. The van der Waals surface area contributed by atoms with E-state index in [-0.39, 0.29) is 12.4 Å². The SMILES string of the molecule is COc1cc(CNCCSCCCO)ccc1O. The van der Waals surface area contributed by atoms with Crippen LogP contribution in [-0.4, -0.2) is 42.0 Å². The van der Waals surface area contributed by atoms with E-state index < -0.39 is 0 Å². The molecular formula is C13H21NO3S. The fourth-order valence-electron chi connectivity index (χ4n) is 1.48. The Labute approximate surface area is 112 Å². The van der Waals surface area contributed by atoms with Crippen molar-refractivity contribution in [2.24, 2.45) is 0 Å². The van der Waals surface area contributed by atoms with Crippen molar-refractivity contribution in [1.29, 1.82) is 0 Å². The number of aromatic hydroxyl groups is 1. The van der Waals surface area contributed by atoms with Crippen molar-refractivity contribution in [1.82, 2.24) is 5.32 Å². The third-order valence-corrected chi connectivity index (χ3v) is 3.51. The zero-order valence-electron chi connectivity index (χ0n) is 10.7. The smallest absolute Gasteiger partial charge is 0.160 e. The van der Waals surface area contributed by atoms with Crippen LogP contribution < -0.4 is 10.1 Å². The van der Waals surface area contributed by atoms with Crippen LogP contribution in [-0.2, 0) is 6.54 Å². The van der Waals surface area contributed by atoms with Crippen LogP contribution in [0, 0.1) is 0 Å². The molecule has 3 N–H and O–H groups in total. The van der Waals surface area contributed by atoms with E-state index in [1.165, 1.54) is 0 Å². The lowest BCUT2D eigenvalue weighted by Crippen LogP contribution is -2.16. The Morgan fingerprint density at radius 1 is 1.33 bits per heavy atom. The van der Waals surface area contributed by atoms with Gasteiger partial charge in [-0.1, -0.05) is 6.07 Å². The van der Waals surface area contributed by atoms with Crippen molar-refractivity contribution in [2.75, 3.05) is 31.8 Å². The second-order valence-corrected chi connectivity index (χ2v) is 5.10. The van der Waals surface area contributed by atoms with E-state index in [2.05, 4.69) is 5.32 Å². The van der Waals surface area contributed by atoms with Crippen LogP contribution in [0.4, 0.5) is 0 Å². The lowest BCUT2D eigenvalue weighted by Gasteiger charge is -2.08. The Balaban J connectivity index is 2.19. The molecule has 0 aromatic heterocycles. The second kappa shape index (κ2) is 9.08. The molecule has 0 aliphatic heterocycles. The van der Waals surface area contributed by atoms with E-state index in [0.29, 0.717) is 5.75 Å². The van der Waals surface area contributed by atoms with E-state index in [4.69, 9.17) is 9.84 Å². The minimum atomic E-state index is 0.167. The summed E-state index contributed by atoms with van der Waals surface area (Å²) in [7, 11) is 1.55. The van der Waals surface area contributed by atoms with Crippen LogP contribution in [0.25, 0.3) is 0 Å². The molecule has 4 nitrogen and oxygen atoms in total. The fraction of sp³-hybridized carbons (Fsp3) is 0.538. The van der Waals surface area contributed by atoms with Crippen molar-refractivity contribution >= 4 is 11.8 Å². The van der Waals surface area contributed by atoms with Gasteiger partial charge in [0.25, 0.3) is 0 Å². The molecule has 0 aliphatic carbocycles. The summed E-state index contributed by atoms with van der Waals surface area (Å²) in [6, 6.07) is 5.36. The van der Waals surface area contributed by atoms with E-state index in [1.54, 1.807) is 13.2 Å². The molecule has 1 aromatic carbocycles. The molecule has 0 bridgehead atoms. The van der Waals surface area contributed by atoms with Gasteiger partial charge in [0.15, 0.2) is 11.5 Å². The fourth-order valence-corrected chi connectivity index (χ4v) is 2.30. The monoisotopic (exact) mass is 271 g/mol. The third-order valence-electron chi connectivity index (χ3n) is 2.44. The molecule has 5 heteroatoms. The van der Waals surface area contributed by atoms with Gasteiger partial charge >= 0.3 is 0 Å². The maximum absolute atomic E-state index is 9.46. The highest BCUT2D eigenvalue weighted by molar-refractivity contribution is 7.99. The Kier molecular flexibility index (Phi) is 7.64. The van der Waals surface area contributed by atoms with Gasteiger partial charge in [0.1, 0.15) is 0 Å². The highest BCUT2D eigenvalue weighted by Crippen LogP contribution is 2.26. The normalized spacial score (nSPS) is 10.6. The first kappa shape index (κ1) is 15.1. The summed E-state index contributed by atoms with van der Waals surface area (Å²) in [6.45, 7) is 1.96. The molecule has 0 saturated carbocycles. The first-order valence-electron chi connectivity index (χ1n) is 6.03. The number of rotatable bonds is 9. The van der Waals surface area contributed by atoms with E-state index in [1.807, 2.05) is 23.9 Å². The first-order chi connectivity index (χ1) is 8.77. The number of aliphatic hydroxyl groups excluding tert-OH is 1. The number of thioether (sulfide) groups is 1. The average Bonchev–Trinajstić information content (AvgIpc) is 2.39. The van der Waals surface area contributed by atoms with Gasteiger partial charge in [0, 0.05) is 25.4 Å². The molecule has 0 saturated heterocycles. The van der Waals surface area contributed by atoms with Gasteiger partial charge in [-0.25, -0.2) is 0 Å². The third kappa shape index (κ3) is 5.62. The van der Waals surface area contributed by atoms with Gasteiger partial charge in [0.05, 0.1) is 7.11 Å². The standard InChI is InChI=1S/C13H21NO3S/c1-17-13-9-11(3-4-12(13)16)10-14-5-8-18-7-2-6-15/h3-4,9,14-16H,2,5-8,10H2,1H3. The number of phenols is 1. The number of hydrogen-bond donors (Lipinski definition) is 3. The predicted molar refractivity (Wildman–Crippen MR) is 75.4 cm³/mol. The van der Waals surface area contributed by atoms with E-state index >= 15 is 0 Å². The Morgan fingerprint density at radius 3 is 2.89 bits per heavy atom. The molecule has 1 aromatic rings. The maximum Gasteiger partial charge on any atom is 0.160 e. The largest absolute Gasteiger partial charge is 0.504 e. The van der Waals surface area contributed by atoms with Gasteiger partial charge in [-0.3, -0.25) is 0 Å². The van der Waals surface area contributed by atoms with Crippen molar-refractivity contribution in [3.63, 3.8) is 0 Å². The number of benzene rings is 1. The molecule has 0 unspecified atom stereocenters. The zero-order chi connectivity index (χ0) is 13.2. The maximum atomic E-state index is 9.46. The molecule has 18 heavy (non-hydrogen) atoms. The number of phenolic OH excluding ortho intramolecular Hbond substituents is 1. The molecule has 0 amide bonds. The van der Waals surface area contributed by atoms with Crippen molar-refractivity contribution in [2.45, 2.75) is 13.0 Å². The predicted octanol–water partition coefficient (Wildman–Crippen LogP) is 1.61. The first-order valence-corrected chi connectivity index (χ1v) is 7.18. The zero-order valence-corrected chi connectivity index (χ0v) is 11.5. The molecule has 1 rings (SSSR count). The molecule has 0 fully saturated rings. The number of methoxy groups -OCH3 is 1. The van der Waals surface area contributed by atoms with Crippen LogP contribution >= 0.6 is 11.8 Å². The van der Waals surface area contributed by atoms with E-state index in [9.17, 15) is 5.11 Å². The van der Waals surface area contributed by atoms with Gasteiger partial charge < -0.3 is 20.3 Å². The van der Waals surface area contributed by atoms with Crippen molar-refractivity contribution in [3.8, 4) is 11.5 Å². The summed E-state index contributed by atoms with van der Waals surface area (Å²) < 4.78 is 5.05. The molecule has 0 radical (unpaired) electrons. The van der Waals surface area contributed by atoms with Crippen LogP contribution in [0.3, 0.4) is 0 Å². The number of aliphatic hydroxyl groups is 1. The minimum absolute atomic E-state index is 0.167. The van der Waals surface area contributed by atoms with Crippen LogP contribution in [0.15, 0.2) is 18.2 Å². The Hall–Kier alpha value is -0.910. The number of hydrogen-bond acceptors (Lipinski definition) is 5. The van der Waals surface area contributed by atoms with E-state index in [0.717, 1.165) is 36.6 Å². The molecular weight excluding hydrogens is 250 g/mol. The highest BCUT2D eigenvalue weighted by atomic mass is 32.2. The molecule has 0 atom stereocenters. The van der Waals surface area contributed by atoms with Crippen LogP contribution in [0.5, 0.6) is 11.5 Å². The highest BCUT2D eigenvalue weighted by Gasteiger charge is 2.02. The van der Waals surface area contributed by atoms with Gasteiger partial charge in [-0.15, -0.1) is 0 Å². The van der Waals surface area contributed by atoms with Crippen LogP contribution in [0.1, 0.15) is 12.0 Å². The molecule has 0 spiro atoms. The second-order valence-electron chi connectivity index (χ2n) is 3.87. The number of ether oxygens (including phenoxy) is 1. The quantitative estimate of drug-likeness (QED) is 0.596. The topological polar surface area (TPSA) is 61.7 Å². The summed E-state index contributed by atoms with van der Waals surface area (Å²) >= 11 is 1.84. The summed E-state index contributed by atoms with van der Waals surface area (Å²) in [5, 5.41) is 21.4. The van der Waals surface area contributed by atoms with Crippen LogP contribution in [0.2, 0.25) is 0 Å².